The molecule has 1 amide bonds. The highest BCUT2D eigenvalue weighted by molar-refractivity contribution is 7.89. The second-order valence-corrected chi connectivity index (χ2v) is 10.5. The standard InChI is InChI=1S/C25H34N2O4S/c1-18-8-11-23(19(2)16-18)20(3)26-25(28)13-9-21-17-22(10-12-24(21)31-4)32(29,30)27-14-6-5-7-15-27/h8,10-12,16-17,20H,5-7,9,13-15H2,1-4H3,(H,26,28)/t20-/m1/s1. The monoisotopic (exact) mass is 458 g/mol. The Labute approximate surface area is 192 Å². The number of piperidine rings is 1. The molecule has 2 aromatic carbocycles. The molecule has 1 saturated heterocycles. The molecule has 1 aliphatic heterocycles. The molecule has 1 fully saturated rings. The molecule has 1 atom stereocenters. The van der Waals surface area contributed by atoms with E-state index in [1.165, 1.54) is 5.56 Å². The molecule has 0 bridgehead atoms. The highest BCUT2D eigenvalue weighted by Gasteiger charge is 2.26. The second kappa shape index (κ2) is 10.5. The Hall–Kier alpha value is -2.38. The van der Waals surface area contributed by atoms with Crippen LogP contribution in [0, 0.1) is 13.8 Å². The number of benzene rings is 2. The summed E-state index contributed by atoms with van der Waals surface area (Å²) in [6.45, 7) is 7.18. The minimum atomic E-state index is -3.53. The largest absolute Gasteiger partial charge is 0.496 e. The average Bonchev–Trinajstić information content (AvgIpc) is 2.77. The molecule has 1 heterocycles. The number of amides is 1. The lowest BCUT2D eigenvalue weighted by Gasteiger charge is -2.26. The minimum Gasteiger partial charge on any atom is -0.496 e. The van der Waals surface area contributed by atoms with Gasteiger partial charge in [-0.3, -0.25) is 4.79 Å². The molecule has 3 rings (SSSR count). The number of hydrogen-bond donors (Lipinski definition) is 1. The first-order valence-corrected chi connectivity index (χ1v) is 12.7. The fraction of sp³-hybridized carbons (Fsp3) is 0.480. The maximum Gasteiger partial charge on any atom is 0.243 e. The van der Waals surface area contributed by atoms with E-state index in [0.717, 1.165) is 36.0 Å². The molecule has 174 valence electrons. The summed E-state index contributed by atoms with van der Waals surface area (Å²) < 4.78 is 33.1. The number of sulfonamides is 1. The van der Waals surface area contributed by atoms with E-state index in [4.69, 9.17) is 4.74 Å². The number of aryl methyl sites for hydroxylation is 3. The van der Waals surface area contributed by atoms with Gasteiger partial charge >= 0.3 is 0 Å². The van der Waals surface area contributed by atoms with E-state index in [-0.39, 0.29) is 23.3 Å². The summed E-state index contributed by atoms with van der Waals surface area (Å²) in [5.74, 6) is 0.515. The first-order chi connectivity index (χ1) is 15.2. The molecule has 2 aromatic rings. The van der Waals surface area contributed by atoms with Crippen molar-refractivity contribution in [2.45, 2.75) is 63.8 Å². The predicted octanol–water partition coefficient (Wildman–Crippen LogP) is 4.30. The van der Waals surface area contributed by atoms with Crippen LogP contribution < -0.4 is 10.1 Å². The number of methoxy groups -OCH3 is 1. The molecular weight excluding hydrogens is 424 g/mol. The highest BCUT2D eigenvalue weighted by atomic mass is 32.2. The van der Waals surface area contributed by atoms with Gasteiger partial charge < -0.3 is 10.1 Å². The molecular formula is C25H34N2O4S. The maximum atomic E-state index is 13.0. The lowest BCUT2D eigenvalue weighted by atomic mass is 10.00. The van der Waals surface area contributed by atoms with Crippen LogP contribution in [0.5, 0.6) is 5.75 Å². The van der Waals surface area contributed by atoms with Crippen molar-refractivity contribution in [2.75, 3.05) is 20.2 Å². The van der Waals surface area contributed by atoms with Crippen LogP contribution in [0.3, 0.4) is 0 Å². The van der Waals surface area contributed by atoms with Gasteiger partial charge in [0, 0.05) is 19.5 Å². The van der Waals surface area contributed by atoms with Crippen molar-refractivity contribution < 1.29 is 17.9 Å². The lowest BCUT2D eigenvalue weighted by Crippen LogP contribution is -2.35. The molecule has 0 unspecified atom stereocenters. The predicted molar refractivity (Wildman–Crippen MR) is 126 cm³/mol. The number of carbonyl (C=O) groups excluding carboxylic acids is 1. The van der Waals surface area contributed by atoms with Crippen LogP contribution in [0.4, 0.5) is 0 Å². The summed E-state index contributed by atoms with van der Waals surface area (Å²) in [6.07, 6.45) is 3.49. The van der Waals surface area contributed by atoms with E-state index >= 15 is 0 Å². The quantitative estimate of drug-likeness (QED) is 0.640. The zero-order valence-electron chi connectivity index (χ0n) is 19.5. The first-order valence-electron chi connectivity index (χ1n) is 11.3. The van der Waals surface area contributed by atoms with Crippen molar-refractivity contribution >= 4 is 15.9 Å². The normalized spacial score (nSPS) is 15.9. The van der Waals surface area contributed by atoms with Gasteiger partial charge in [-0.25, -0.2) is 8.42 Å². The Kier molecular flexibility index (Phi) is 7.96. The molecule has 0 saturated carbocycles. The van der Waals surface area contributed by atoms with Gasteiger partial charge in [-0.1, -0.05) is 30.2 Å². The second-order valence-electron chi connectivity index (χ2n) is 8.59. The van der Waals surface area contributed by atoms with Crippen LogP contribution in [-0.2, 0) is 21.2 Å². The fourth-order valence-electron chi connectivity index (χ4n) is 4.32. The third kappa shape index (κ3) is 5.70. The fourth-order valence-corrected chi connectivity index (χ4v) is 5.88. The van der Waals surface area contributed by atoms with Gasteiger partial charge in [0.05, 0.1) is 18.0 Å². The van der Waals surface area contributed by atoms with Crippen LogP contribution in [0.2, 0.25) is 0 Å². The van der Waals surface area contributed by atoms with E-state index in [0.29, 0.717) is 25.3 Å². The van der Waals surface area contributed by atoms with Crippen molar-refractivity contribution in [1.82, 2.24) is 9.62 Å². The highest BCUT2D eigenvalue weighted by Crippen LogP contribution is 2.27. The Morgan fingerprint density at radius 1 is 1.09 bits per heavy atom. The van der Waals surface area contributed by atoms with Crippen LogP contribution >= 0.6 is 0 Å². The number of nitrogens with zero attached hydrogens (tertiary/aromatic N) is 1. The van der Waals surface area contributed by atoms with Crippen LogP contribution in [0.1, 0.15) is 60.9 Å². The molecule has 0 aliphatic carbocycles. The molecule has 0 radical (unpaired) electrons. The van der Waals surface area contributed by atoms with Crippen molar-refractivity contribution in [3.8, 4) is 5.75 Å². The smallest absolute Gasteiger partial charge is 0.243 e. The van der Waals surface area contributed by atoms with E-state index in [9.17, 15) is 13.2 Å². The van der Waals surface area contributed by atoms with Gasteiger partial charge in [0.2, 0.25) is 15.9 Å². The molecule has 1 N–H and O–H groups in total. The third-order valence-corrected chi connectivity index (χ3v) is 7.99. The Balaban J connectivity index is 1.69. The van der Waals surface area contributed by atoms with Crippen molar-refractivity contribution in [3.63, 3.8) is 0 Å². The Bertz CT molecular complexity index is 1060. The van der Waals surface area contributed by atoms with E-state index in [1.54, 1.807) is 29.6 Å². The number of carbonyl (C=O) groups is 1. The zero-order chi connectivity index (χ0) is 23.3. The van der Waals surface area contributed by atoms with Gasteiger partial charge in [-0.2, -0.15) is 4.31 Å². The summed E-state index contributed by atoms with van der Waals surface area (Å²) in [5.41, 5.74) is 4.16. The van der Waals surface area contributed by atoms with Crippen molar-refractivity contribution in [2.24, 2.45) is 0 Å². The summed E-state index contributed by atoms with van der Waals surface area (Å²) in [7, 11) is -1.98. The summed E-state index contributed by atoms with van der Waals surface area (Å²) in [6, 6.07) is 11.0. The maximum absolute atomic E-state index is 13.0. The molecule has 0 spiro atoms. The first kappa shape index (κ1) is 24.3. The van der Waals surface area contributed by atoms with E-state index in [2.05, 4.69) is 11.4 Å². The van der Waals surface area contributed by atoms with Gasteiger partial charge in [0.25, 0.3) is 0 Å². The Morgan fingerprint density at radius 2 is 1.81 bits per heavy atom. The van der Waals surface area contributed by atoms with Crippen LogP contribution in [-0.4, -0.2) is 38.8 Å². The SMILES string of the molecule is COc1ccc(S(=O)(=O)N2CCCCC2)cc1CCC(=O)N[C@H](C)c1ccc(C)cc1C. The number of hydrogen-bond acceptors (Lipinski definition) is 4. The Morgan fingerprint density at radius 3 is 2.47 bits per heavy atom. The van der Waals surface area contributed by atoms with Gasteiger partial charge in [-0.05, 0) is 74.9 Å². The van der Waals surface area contributed by atoms with Crippen molar-refractivity contribution in [1.29, 1.82) is 0 Å². The average molecular weight is 459 g/mol. The molecule has 6 nitrogen and oxygen atoms in total. The van der Waals surface area contributed by atoms with Crippen LogP contribution in [0.25, 0.3) is 0 Å². The topological polar surface area (TPSA) is 75.7 Å². The third-order valence-electron chi connectivity index (χ3n) is 6.10. The minimum absolute atomic E-state index is 0.0798. The molecule has 1 aliphatic rings. The van der Waals surface area contributed by atoms with E-state index < -0.39 is 10.0 Å². The van der Waals surface area contributed by atoms with Crippen LogP contribution in [0.15, 0.2) is 41.3 Å². The summed E-state index contributed by atoms with van der Waals surface area (Å²) >= 11 is 0. The molecule has 32 heavy (non-hydrogen) atoms. The number of ether oxygens (including phenoxy) is 1. The van der Waals surface area contributed by atoms with Gasteiger partial charge in [-0.15, -0.1) is 0 Å². The van der Waals surface area contributed by atoms with Gasteiger partial charge in [0.1, 0.15) is 5.75 Å². The number of nitrogens with one attached hydrogen (secondary N) is 1. The summed E-state index contributed by atoms with van der Waals surface area (Å²) in [4.78, 5) is 12.9. The van der Waals surface area contributed by atoms with Gasteiger partial charge in [0.15, 0.2) is 0 Å². The molecule has 7 heteroatoms. The van der Waals surface area contributed by atoms with E-state index in [1.807, 2.05) is 32.9 Å². The number of rotatable bonds is 8. The summed E-state index contributed by atoms with van der Waals surface area (Å²) in [5, 5.41) is 3.05. The van der Waals surface area contributed by atoms with Crippen molar-refractivity contribution in [3.05, 3.63) is 58.7 Å². The molecule has 0 aromatic heterocycles. The zero-order valence-corrected chi connectivity index (χ0v) is 20.3. The lowest BCUT2D eigenvalue weighted by molar-refractivity contribution is -0.121.